The summed E-state index contributed by atoms with van der Waals surface area (Å²) in [6.07, 6.45) is -0.609. The zero-order valence-corrected chi connectivity index (χ0v) is 21.2. The molecule has 190 valence electrons. The highest BCUT2D eigenvalue weighted by molar-refractivity contribution is 5.60. The summed E-state index contributed by atoms with van der Waals surface area (Å²) in [7, 11) is 1.63. The lowest BCUT2D eigenvalue weighted by molar-refractivity contribution is -0.0449. The Kier molecular flexibility index (Phi) is 9.47. The van der Waals surface area contributed by atoms with Crippen LogP contribution in [0.4, 0.5) is 5.69 Å². The molecule has 0 aliphatic carbocycles. The third-order valence-corrected chi connectivity index (χ3v) is 4.96. The van der Waals surface area contributed by atoms with E-state index in [4.69, 9.17) is 18.9 Å². The number of benzene rings is 2. The third-order valence-electron chi connectivity index (χ3n) is 4.96. The van der Waals surface area contributed by atoms with Gasteiger partial charge >= 0.3 is 6.01 Å². The number of hydrogen-bond acceptors (Lipinski definition) is 8. The number of nitrogens with one attached hydrogen (secondary N) is 1. The van der Waals surface area contributed by atoms with Crippen LogP contribution >= 0.6 is 0 Å². The lowest BCUT2D eigenvalue weighted by Gasteiger charge is -2.22. The number of aliphatic hydroxyl groups excluding tert-OH is 1. The van der Waals surface area contributed by atoms with Gasteiger partial charge in [0.15, 0.2) is 5.82 Å². The van der Waals surface area contributed by atoms with Gasteiger partial charge in [0.2, 0.25) is 0 Å². The molecule has 2 aromatic carbocycles. The summed E-state index contributed by atoms with van der Waals surface area (Å²) in [4.78, 5) is 4.60. The van der Waals surface area contributed by atoms with Gasteiger partial charge in [-0.05, 0) is 76.2 Å². The van der Waals surface area contributed by atoms with Crippen LogP contribution in [0.15, 0.2) is 48.5 Å². The third kappa shape index (κ3) is 8.24. The van der Waals surface area contributed by atoms with Gasteiger partial charge in [0, 0.05) is 24.4 Å². The van der Waals surface area contributed by atoms with E-state index in [9.17, 15) is 5.11 Å². The zero-order chi connectivity index (χ0) is 25.3. The maximum Gasteiger partial charge on any atom is 0.336 e. The molecule has 2 N–H and O–H groups in total. The predicted molar refractivity (Wildman–Crippen MR) is 136 cm³/mol. The van der Waals surface area contributed by atoms with Crippen LogP contribution in [0.25, 0.3) is 17.1 Å². The lowest BCUT2D eigenvalue weighted by atomic mass is 10.2. The van der Waals surface area contributed by atoms with Crippen LogP contribution in [-0.4, -0.2) is 71.7 Å². The summed E-state index contributed by atoms with van der Waals surface area (Å²) in [6.45, 7) is 9.94. The molecule has 0 radical (unpaired) electrons. The SMILES string of the molecule is CCOCCOc1nc(-c2ccc(OC)cc2)n(-c2ccc(NCC(O)COC(C)(C)C)cc2)n1. The molecule has 1 unspecified atom stereocenters. The van der Waals surface area contributed by atoms with Crippen molar-refractivity contribution in [2.45, 2.75) is 39.4 Å². The Morgan fingerprint density at radius 3 is 2.37 bits per heavy atom. The average Bonchev–Trinajstić information content (AvgIpc) is 3.28. The maximum absolute atomic E-state index is 10.2. The molecule has 0 spiro atoms. The highest BCUT2D eigenvalue weighted by atomic mass is 16.5. The molecule has 0 saturated carbocycles. The Balaban J connectivity index is 1.74. The number of aromatic nitrogens is 3. The first-order valence-electron chi connectivity index (χ1n) is 11.8. The Morgan fingerprint density at radius 1 is 1.03 bits per heavy atom. The molecule has 1 heterocycles. The highest BCUT2D eigenvalue weighted by Crippen LogP contribution is 2.26. The van der Waals surface area contributed by atoms with E-state index < -0.39 is 6.10 Å². The summed E-state index contributed by atoms with van der Waals surface area (Å²) in [5.74, 6) is 1.41. The van der Waals surface area contributed by atoms with Crippen LogP contribution in [0.3, 0.4) is 0 Å². The van der Waals surface area contributed by atoms with Crippen molar-refractivity contribution in [1.82, 2.24) is 14.8 Å². The monoisotopic (exact) mass is 484 g/mol. The van der Waals surface area contributed by atoms with Gasteiger partial charge in [-0.3, -0.25) is 0 Å². The molecule has 0 bridgehead atoms. The van der Waals surface area contributed by atoms with E-state index in [1.807, 2.05) is 76.2 Å². The fourth-order valence-corrected chi connectivity index (χ4v) is 3.16. The first-order chi connectivity index (χ1) is 16.8. The van der Waals surface area contributed by atoms with E-state index in [-0.39, 0.29) is 18.2 Å². The minimum absolute atomic E-state index is 0.269. The van der Waals surface area contributed by atoms with E-state index in [2.05, 4.69) is 15.4 Å². The smallest absolute Gasteiger partial charge is 0.336 e. The van der Waals surface area contributed by atoms with Gasteiger partial charge in [-0.15, -0.1) is 5.10 Å². The molecule has 1 atom stereocenters. The van der Waals surface area contributed by atoms with Crippen molar-refractivity contribution in [3.8, 4) is 28.8 Å². The fraction of sp³-hybridized carbons (Fsp3) is 0.462. The zero-order valence-electron chi connectivity index (χ0n) is 21.2. The van der Waals surface area contributed by atoms with Crippen LogP contribution < -0.4 is 14.8 Å². The molecule has 3 aromatic rings. The second-order valence-electron chi connectivity index (χ2n) is 8.91. The van der Waals surface area contributed by atoms with E-state index in [0.29, 0.717) is 32.2 Å². The van der Waals surface area contributed by atoms with Gasteiger partial charge in [0.1, 0.15) is 12.4 Å². The molecule has 0 fully saturated rings. The number of hydrogen-bond donors (Lipinski definition) is 2. The molecule has 0 saturated heterocycles. The van der Waals surface area contributed by atoms with Crippen molar-refractivity contribution < 1.29 is 24.1 Å². The second kappa shape index (κ2) is 12.5. The normalized spacial score (nSPS) is 12.4. The first-order valence-corrected chi connectivity index (χ1v) is 11.8. The van der Waals surface area contributed by atoms with Crippen LogP contribution in [0, 0.1) is 0 Å². The molecule has 0 aliphatic heterocycles. The molecule has 9 heteroatoms. The van der Waals surface area contributed by atoms with Crippen molar-refractivity contribution in [3.05, 3.63) is 48.5 Å². The van der Waals surface area contributed by atoms with E-state index in [0.717, 1.165) is 22.7 Å². The van der Waals surface area contributed by atoms with Crippen LogP contribution in [-0.2, 0) is 9.47 Å². The van der Waals surface area contributed by atoms with Crippen molar-refractivity contribution in [3.63, 3.8) is 0 Å². The molecule has 9 nitrogen and oxygen atoms in total. The van der Waals surface area contributed by atoms with E-state index in [1.165, 1.54) is 0 Å². The predicted octanol–water partition coefficient (Wildman–Crippen LogP) is 3.95. The average molecular weight is 485 g/mol. The minimum Gasteiger partial charge on any atom is -0.497 e. The van der Waals surface area contributed by atoms with Crippen LogP contribution in [0.2, 0.25) is 0 Å². The topological polar surface area (TPSA) is 99.9 Å². The van der Waals surface area contributed by atoms with E-state index in [1.54, 1.807) is 11.8 Å². The largest absolute Gasteiger partial charge is 0.497 e. The molecule has 35 heavy (non-hydrogen) atoms. The van der Waals surface area contributed by atoms with Gasteiger partial charge in [-0.2, -0.15) is 4.98 Å². The minimum atomic E-state index is -0.609. The Bertz CT molecular complexity index is 1030. The van der Waals surface area contributed by atoms with E-state index >= 15 is 0 Å². The number of anilines is 1. The Labute approximate surface area is 207 Å². The molecule has 3 rings (SSSR count). The van der Waals surface area contributed by atoms with Crippen molar-refractivity contribution >= 4 is 5.69 Å². The summed E-state index contributed by atoms with van der Waals surface area (Å²) in [5, 5.41) is 18.0. The number of methoxy groups -OCH3 is 1. The van der Waals surface area contributed by atoms with Gasteiger partial charge in [-0.25, -0.2) is 4.68 Å². The van der Waals surface area contributed by atoms with Crippen LogP contribution in [0.1, 0.15) is 27.7 Å². The summed E-state index contributed by atoms with van der Waals surface area (Å²) in [6, 6.07) is 15.6. The van der Waals surface area contributed by atoms with Crippen molar-refractivity contribution in [2.75, 3.05) is 45.4 Å². The number of aliphatic hydroxyl groups is 1. The van der Waals surface area contributed by atoms with Gasteiger partial charge in [0.25, 0.3) is 0 Å². The summed E-state index contributed by atoms with van der Waals surface area (Å²) < 4.78 is 23.7. The lowest BCUT2D eigenvalue weighted by Crippen LogP contribution is -2.30. The van der Waals surface area contributed by atoms with Gasteiger partial charge < -0.3 is 29.4 Å². The number of nitrogens with zero attached hydrogens (tertiary/aromatic N) is 3. The van der Waals surface area contributed by atoms with Crippen molar-refractivity contribution in [1.29, 1.82) is 0 Å². The first kappa shape index (κ1) is 26.5. The Morgan fingerprint density at radius 2 is 1.74 bits per heavy atom. The second-order valence-corrected chi connectivity index (χ2v) is 8.91. The van der Waals surface area contributed by atoms with Crippen LogP contribution in [0.5, 0.6) is 11.8 Å². The summed E-state index contributed by atoms with van der Waals surface area (Å²) >= 11 is 0. The number of rotatable bonds is 13. The fourth-order valence-electron chi connectivity index (χ4n) is 3.16. The van der Waals surface area contributed by atoms with Crippen molar-refractivity contribution in [2.24, 2.45) is 0 Å². The maximum atomic E-state index is 10.2. The molecule has 0 aliphatic rings. The number of ether oxygens (including phenoxy) is 4. The molecule has 0 amide bonds. The highest BCUT2D eigenvalue weighted by Gasteiger charge is 2.16. The molecule has 1 aromatic heterocycles. The standard InChI is InChI=1S/C26H36N4O5/c1-6-33-15-16-34-25-28-24(19-7-13-23(32-5)14-8-19)30(29-25)21-11-9-20(10-12-21)27-17-22(31)18-35-26(2,3)4/h7-14,22,27,31H,6,15-18H2,1-5H3. The molecular weight excluding hydrogens is 448 g/mol. The molecular formula is C26H36N4O5. The quantitative estimate of drug-likeness (QED) is 0.352. The Hall–Kier alpha value is -3.14. The summed E-state index contributed by atoms with van der Waals surface area (Å²) in [5.41, 5.74) is 2.29. The van der Waals surface area contributed by atoms with Gasteiger partial charge in [-0.1, -0.05) is 0 Å². The van der Waals surface area contributed by atoms with Gasteiger partial charge in [0.05, 0.1) is 37.7 Å².